The van der Waals surface area contributed by atoms with E-state index < -0.39 is 6.10 Å². The van der Waals surface area contributed by atoms with Gasteiger partial charge in [0.2, 0.25) is 10.9 Å². The summed E-state index contributed by atoms with van der Waals surface area (Å²) in [4.78, 5) is 31.7. The summed E-state index contributed by atoms with van der Waals surface area (Å²) in [5.74, 6) is 0.348. The molecule has 0 aliphatic carbocycles. The fourth-order valence-corrected chi connectivity index (χ4v) is 4.39. The highest BCUT2D eigenvalue weighted by molar-refractivity contribution is 7.19. The van der Waals surface area contributed by atoms with Crippen LogP contribution in [0, 0.1) is 0 Å². The second kappa shape index (κ2) is 8.50. The van der Waals surface area contributed by atoms with Crippen LogP contribution >= 0.6 is 11.3 Å². The van der Waals surface area contributed by atoms with Crippen LogP contribution in [0.15, 0.2) is 29.1 Å². The van der Waals surface area contributed by atoms with Crippen LogP contribution in [-0.4, -0.2) is 45.2 Å². The monoisotopic (exact) mass is 428 g/mol. The van der Waals surface area contributed by atoms with Gasteiger partial charge in [-0.15, -0.1) is 0 Å². The number of hydrogen-bond acceptors (Lipinski definition) is 8. The first-order valence-electron chi connectivity index (χ1n) is 9.94. The number of fused-ring (bicyclic) bond motifs is 1. The fourth-order valence-electron chi connectivity index (χ4n) is 3.50. The Bertz CT molecular complexity index is 1130. The molecule has 1 amide bonds. The molecule has 158 valence electrons. The van der Waals surface area contributed by atoms with Crippen molar-refractivity contribution >= 4 is 33.7 Å². The molecule has 30 heavy (non-hydrogen) atoms. The minimum atomic E-state index is -0.737. The van der Waals surface area contributed by atoms with Gasteiger partial charge in [-0.05, 0) is 49.9 Å². The van der Waals surface area contributed by atoms with E-state index in [0.717, 1.165) is 25.9 Å². The molecule has 1 aliphatic heterocycles. The summed E-state index contributed by atoms with van der Waals surface area (Å²) in [5.41, 5.74) is 6.96. The van der Waals surface area contributed by atoms with Crippen molar-refractivity contribution in [3.05, 3.63) is 40.2 Å². The highest BCUT2D eigenvalue weighted by atomic mass is 32.1. The SMILES string of the molecule is CC(O)c1cc(NC(=O)CN)cc(-c2nn3c(=O)cc(N4CCCCC4)nc3s2)c1. The molecule has 4 N–H and O–H groups in total. The normalized spacial score (nSPS) is 15.4. The first-order valence-corrected chi connectivity index (χ1v) is 10.8. The Balaban J connectivity index is 1.76. The second-order valence-corrected chi connectivity index (χ2v) is 8.33. The minimum absolute atomic E-state index is 0.145. The fraction of sp³-hybridized carbons (Fsp3) is 0.400. The van der Waals surface area contributed by atoms with Crippen molar-refractivity contribution in [3.63, 3.8) is 0 Å². The Kier molecular flexibility index (Phi) is 5.80. The Morgan fingerprint density at radius 1 is 1.27 bits per heavy atom. The van der Waals surface area contributed by atoms with Gasteiger partial charge in [-0.2, -0.15) is 9.61 Å². The zero-order valence-corrected chi connectivity index (χ0v) is 17.5. The van der Waals surface area contributed by atoms with Crippen LogP contribution in [-0.2, 0) is 4.79 Å². The van der Waals surface area contributed by atoms with Crippen LogP contribution in [0.2, 0.25) is 0 Å². The predicted molar refractivity (Wildman–Crippen MR) is 117 cm³/mol. The molecule has 9 nitrogen and oxygen atoms in total. The smallest absolute Gasteiger partial charge is 0.277 e. The number of nitrogens with zero attached hydrogens (tertiary/aromatic N) is 4. The van der Waals surface area contributed by atoms with Crippen molar-refractivity contribution in [2.24, 2.45) is 5.73 Å². The summed E-state index contributed by atoms with van der Waals surface area (Å²) in [6.45, 7) is 3.29. The molecule has 1 saturated heterocycles. The molecule has 1 aromatic carbocycles. The van der Waals surface area contributed by atoms with Crippen molar-refractivity contribution in [1.29, 1.82) is 0 Å². The summed E-state index contributed by atoms with van der Waals surface area (Å²) in [6, 6.07) is 6.75. The number of carbonyl (C=O) groups is 1. The number of aliphatic hydroxyl groups is 1. The maximum Gasteiger partial charge on any atom is 0.277 e. The van der Waals surface area contributed by atoms with E-state index >= 15 is 0 Å². The van der Waals surface area contributed by atoms with E-state index in [1.54, 1.807) is 25.1 Å². The summed E-state index contributed by atoms with van der Waals surface area (Å²) in [5, 5.41) is 17.8. The van der Waals surface area contributed by atoms with Crippen molar-refractivity contribution in [1.82, 2.24) is 14.6 Å². The molecule has 3 heterocycles. The zero-order chi connectivity index (χ0) is 21.3. The van der Waals surface area contributed by atoms with Crippen LogP contribution < -0.4 is 21.5 Å². The number of benzene rings is 1. The van der Waals surface area contributed by atoms with Crippen LogP contribution in [0.1, 0.15) is 37.9 Å². The number of aliphatic hydroxyl groups excluding tert-OH is 1. The third kappa shape index (κ3) is 4.20. The van der Waals surface area contributed by atoms with Crippen molar-refractivity contribution in [2.75, 3.05) is 29.9 Å². The predicted octanol–water partition coefficient (Wildman–Crippen LogP) is 1.76. The van der Waals surface area contributed by atoms with Crippen molar-refractivity contribution in [3.8, 4) is 10.6 Å². The molecule has 10 heteroatoms. The molecule has 1 aliphatic rings. The molecule has 4 rings (SSSR count). The number of rotatable bonds is 5. The lowest BCUT2D eigenvalue weighted by atomic mass is 10.1. The van der Waals surface area contributed by atoms with Gasteiger partial charge < -0.3 is 21.1 Å². The number of amides is 1. The summed E-state index contributed by atoms with van der Waals surface area (Å²) in [6.07, 6.45) is 2.65. The number of hydrogen-bond donors (Lipinski definition) is 3. The molecular formula is C20H24N6O3S. The summed E-state index contributed by atoms with van der Waals surface area (Å²) >= 11 is 1.29. The maximum atomic E-state index is 12.6. The van der Waals surface area contributed by atoms with Gasteiger partial charge in [0.1, 0.15) is 10.8 Å². The first kappa shape index (κ1) is 20.5. The third-order valence-electron chi connectivity index (χ3n) is 5.07. The maximum absolute atomic E-state index is 12.6. The molecule has 1 fully saturated rings. The molecule has 1 unspecified atom stereocenters. The number of nitrogens with two attached hydrogens (primary N) is 1. The Hall–Kier alpha value is -2.82. The van der Waals surface area contributed by atoms with E-state index in [4.69, 9.17) is 5.73 Å². The van der Waals surface area contributed by atoms with Gasteiger partial charge in [0.05, 0.1) is 12.6 Å². The van der Waals surface area contributed by atoms with E-state index in [1.165, 1.54) is 28.3 Å². The zero-order valence-electron chi connectivity index (χ0n) is 16.7. The van der Waals surface area contributed by atoms with Crippen LogP contribution in [0.5, 0.6) is 0 Å². The van der Waals surface area contributed by atoms with Crippen LogP contribution in [0.25, 0.3) is 15.5 Å². The van der Waals surface area contributed by atoms with E-state index in [0.29, 0.717) is 32.6 Å². The van der Waals surface area contributed by atoms with E-state index in [9.17, 15) is 14.7 Å². The lowest BCUT2D eigenvalue weighted by Crippen LogP contribution is -2.31. The van der Waals surface area contributed by atoms with Gasteiger partial charge >= 0.3 is 0 Å². The molecular weight excluding hydrogens is 404 g/mol. The highest BCUT2D eigenvalue weighted by Gasteiger charge is 2.17. The second-order valence-electron chi connectivity index (χ2n) is 7.37. The van der Waals surface area contributed by atoms with E-state index in [2.05, 4.69) is 20.3 Å². The van der Waals surface area contributed by atoms with Gasteiger partial charge in [0, 0.05) is 30.4 Å². The first-order chi connectivity index (χ1) is 14.4. The summed E-state index contributed by atoms with van der Waals surface area (Å²) in [7, 11) is 0. The average molecular weight is 429 g/mol. The molecule has 3 aromatic rings. The molecule has 0 saturated carbocycles. The number of piperidine rings is 1. The molecule has 1 atom stereocenters. The quantitative estimate of drug-likeness (QED) is 0.565. The number of anilines is 2. The standard InChI is InChI=1S/C20H24N6O3S/c1-12(27)13-7-14(9-15(8-13)22-17(28)11-21)19-24-26-18(29)10-16(23-20(26)30-19)25-5-3-2-4-6-25/h7-10,12,27H,2-6,11,21H2,1H3,(H,22,28). The van der Waals surface area contributed by atoms with Gasteiger partial charge in [0.15, 0.2) is 0 Å². The summed E-state index contributed by atoms with van der Waals surface area (Å²) < 4.78 is 1.29. The number of carbonyl (C=O) groups excluding carboxylic acids is 1. The number of nitrogens with one attached hydrogen (secondary N) is 1. The van der Waals surface area contributed by atoms with Crippen molar-refractivity contribution < 1.29 is 9.90 Å². The highest BCUT2D eigenvalue weighted by Crippen LogP contribution is 2.31. The molecule has 0 bridgehead atoms. The van der Waals surface area contributed by atoms with Crippen molar-refractivity contribution in [2.45, 2.75) is 32.3 Å². The molecule has 0 radical (unpaired) electrons. The minimum Gasteiger partial charge on any atom is -0.389 e. The largest absolute Gasteiger partial charge is 0.389 e. The van der Waals surface area contributed by atoms with E-state index in [-0.39, 0.29) is 18.0 Å². The van der Waals surface area contributed by atoms with Crippen LogP contribution in [0.3, 0.4) is 0 Å². The number of aromatic nitrogens is 3. The Labute approximate surface area is 177 Å². The van der Waals surface area contributed by atoms with Crippen LogP contribution in [0.4, 0.5) is 11.5 Å². The third-order valence-corrected chi connectivity index (χ3v) is 6.02. The van der Waals surface area contributed by atoms with Gasteiger partial charge in [-0.25, -0.2) is 4.98 Å². The van der Waals surface area contributed by atoms with Gasteiger partial charge in [-0.3, -0.25) is 9.59 Å². The Morgan fingerprint density at radius 2 is 2.03 bits per heavy atom. The lowest BCUT2D eigenvalue weighted by molar-refractivity contribution is -0.114. The molecule has 0 spiro atoms. The topological polar surface area (TPSA) is 126 Å². The Morgan fingerprint density at radius 3 is 2.73 bits per heavy atom. The molecule has 2 aromatic heterocycles. The van der Waals surface area contributed by atoms with Gasteiger partial charge in [0.25, 0.3) is 5.56 Å². The van der Waals surface area contributed by atoms with Gasteiger partial charge in [-0.1, -0.05) is 11.3 Å². The average Bonchev–Trinajstić information content (AvgIpc) is 3.19. The van der Waals surface area contributed by atoms with E-state index in [1.807, 2.05) is 0 Å². The lowest BCUT2D eigenvalue weighted by Gasteiger charge is -2.27.